The van der Waals surface area contributed by atoms with Crippen molar-refractivity contribution in [1.29, 1.82) is 0 Å². The van der Waals surface area contributed by atoms with Gasteiger partial charge in [0, 0.05) is 6.54 Å². The molecule has 1 aliphatic rings. The van der Waals surface area contributed by atoms with Gasteiger partial charge in [-0.25, -0.2) is 0 Å². The van der Waals surface area contributed by atoms with Gasteiger partial charge in [-0.3, -0.25) is 4.79 Å². The average molecular weight is 185 g/mol. The van der Waals surface area contributed by atoms with Crippen LogP contribution in [0.15, 0.2) is 0 Å². The van der Waals surface area contributed by atoms with Gasteiger partial charge in [-0.1, -0.05) is 12.8 Å². The fourth-order valence-electron chi connectivity index (χ4n) is 1.26. The highest BCUT2D eigenvalue weighted by atomic mass is 16.5. The molecule has 1 rings (SSSR count). The molecule has 0 spiro atoms. The first kappa shape index (κ1) is 10.5. The Kier molecular flexibility index (Phi) is 4.83. The van der Waals surface area contributed by atoms with Crippen molar-refractivity contribution >= 4 is 5.97 Å². The summed E-state index contributed by atoms with van der Waals surface area (Å²) in [6, 6.07) is 0. The van der Waals surface area contributed by atoms with Crippen LogP contribution in [0.2, 0.25) is 0 Å². The van der Waals surface area contributed by atoms with Crippen molar-refractivity contribution < 1.29 is 9.53 Å². The molecule has 0 aliphatic heterocycles. The van der Waals surface area contributed by atoms with E-state index in [2.05, 4.69) is 5.32 Å². The predicted octanol–water partition coefficient (Wildman–Crippen LogP) is 1.33. The molecule has 3 nitrogen and oxygen atoms in total. The Labute approximate surface area is 79.8 Å². The van der Waals surface area contributed by atoms with Crippen molar-refractivity contribution in [2.45, 2.75) is 32.6 Å². The van der Waals surface area contributed by atoms with Crippen molar-refractivity contribution in [3.05, 3.63) is 0 Å². The van der Waals surface area contributed by atoms with Gasteiger partial charge in [-0.2, -0.15) is 0 Å². The normalized spacial score (nSPS) is 15.8. The molecule has 0 aromatic rings. The quantitative estimate of drug-likeness (QED) is 0.480. The Morgan fingerprint density at radius 1 is 1.46 bits per heavy atom. The van der Waals surface area contributed by atoms with Crippen molar-refractivity contribution in [3.63, 3.8) is 0 Å². The third-order valence-corrected chi connectivity index (χ3v) is 2.24. The average Bonchev–Trinajstić information content (AvgIpc) is 2.88. The van der Waals surface area contributed by atoms with E-state index in [0.29, 0.717) is 13.0 Å². The standard InChI is InChI=1S/C10H19NO2/c1-2-13-10(12)6-8-11-7-5-9-3-4-9/h9,11H,2-8H2,1H3. The van der Waals surface area contributed by atoms with Gasteiger partial charge in [0.25, 0.3) is 0 Å². The smallest absolute Gasteiger partial charge is 0.307 e. The van der Waals surface area contributed by atoms with Gasteiger partial charge in [0.05, 0.1) is 13.0 Å². The first-order valence-corrected chi connectivity index (χ1v) is 5.19. The maximum Gasteiger partial charge on any atom is 0.307 e. The molecule has 1 saturated carbocycles. The number of esters is 1. The number of carbonyl (C=O) groups is 1. The molecular formula is C10H19NO2. The summed E-state index contributed by atoms with van der Waals surface area (Å²) in [6.45, 7) is 4.12. The first-order valence-electron chi connectivity index (χ1n) is 5.19. The van der Waals surface area contributed by atoms with E-state index in [0.717, 1.165) is 19.0 Å². The van der Waals surface area contributed by atoms with Crippen LogP contribution in [0.25, 0.3) is 0 Å². The monoisotopic (exact) mass is 185 g/mol. The number of nitrogens with one attached hydrogen (secondary N) is 1. The molecule has 76 valence electrons. The lowest BCUT2D eigenvalue weighted by Gasteiger charge is -2.03. The molecule has 0 saturated heterocycles. The molecule has 0 unspecified atom stereocenters. The van der Waals surface area contributed by atoms with E-state index in [4.69, 9.17) is 4.74 Å². The van der Waals surface area contributed by atoms with Crippen LogP contribution in [0.1, 0.15) is 32.6 Å². The summed E-state index contributed by atoms with van der Waals surface area (Å²) in [5.41, 5.74) is 0. The Bertz CT molecular complexity index is 155. The largest absolute Gasteiger partial charge is 0.466 e. The Balaban J connectivity index is 1.79. The van der Waals surface area contributed by atoms with E-state index in [1.165, 1.54) is 19.3 Å². The van der Waals surface area contributed by atoms with Gasteiger partial charge >= 0.3 is 5.97 Å². The van der Waals surface area contributed by atoms with Crippen LogP contribution in [0.3, 0.4) is 0 Å². The van der Waals surface area contributed by atoms with Crippen LogP contribution in [0.5, 0.6) is 0 Å². The minimum Gasteiger partial charge on any atom is -0.466 e. The van der Waals surface area contributed by atoms with Crippen LogP contribution in [-0.2, 0) is 9.53 Å². The Morgan fingerprint density at radius 3 is 2.85 bits per heavy atom. The molecule has 0 aromatic carbocycles. The second-order valence-electron chi connectivity index (χ2n) is 3.54. The molecule has 0 amide bonds. The molecule has 1 aliphatic carbocycles. The molecule has 13 heavy (non-hydrogen) atoms. The van der Waals surface area contributed by atoms with Crippen molar-refractivity contribution in [2.75, 3.05) is 19.7 Å². The van der Waals surface area contributed by atoms with Gasteiger partial charge in [0.2, 0.25) is 0 Å². The zero-order valence-electron chi connectivity index (χ0n) is 8.34. The predicted molar refractivity (Wildman–Crippen MR) is 51.5 cm³/mol. The third kappa shape index (κ3) is 5.64. The molecule has 0 bridgehead atoms. The van der Waals surface area contributed by atoms with E-state index >= 15 is 0 Å². The third-order valence-electron chi connectivity index (χ3n) is 2.24. The zero-order valence-corrected chi connectivity index (χ0v) is 8.34. The van der Waals surface area contributed by atoms with Crippen LogP contribution < -0.4 is 5.32 Å². The maximum absolute atomic E-state index is 10.9. The van der Waals surface area contributed by atoms with Gasteiger partial charge in [0.1, 0.15) is 0 Å². The van der Waals surface area contributed by atoms with Crippen molar-refractivity contribution in [3.8, 4) is 0 Å². The summed E-state index contributed by atoms with van der Waals surface area (Å²) in [5, 5.41) is 3.25. The summed E-state index contributed by atoms with van der Waals surface area (Å²) < 4.78 is 4.80. The van der Waals surface area contributed by atoms with Gasteiger partial charge < -0.3 is 10.1 Å². The second kappa shape index (κ2) is 5.97. The lowest BCUT2D eigenvalue weighted by Crippen LogP contribution is -2.20. The Morgan fingerprint density at radius 2 is 2.23 bits per heavy atom. The van der Waals surface area contributed by atoms with Gasteiger partial charge in [-0.05, 0) is 25.8 Å². The summed E-state index contributed by atoms with van der Waals surface area (Å²) in [7, 11) is 0. The number of hydrogen-bond donors (Lipinski definition) is 1. The fraction of sp³-hybridized carbons (Fsp3) is 0.900. The van der Waals surface area contributed by atoms with E-state index in [-0.39, 0.29) is 5.97 Å². The summed E-state index contributed by atoms with van der Waals surface area (Å²) >= 11 is 0. The second-order valence-corrected chi connectivity index (χ2v) is 3.54. The van der Waals surface area contributed by atoms with Gasteiger partial charge in [0.15, 0.2) is 0 Å². The van der Waals surface area contributed by atoms with Crippen molar-refractivity contribution in [1.82, 2.24) is 5.32 Å². The van der Waals surface area contributed by atoms with Crippen LogP contribution >= 0.6 is 0 Å². The van der Waals surface area contributed by atoms with E-state index < -0.39 is 0 Å². The Hall–Kier alpha value is -0.570. The molecule has 1 N–H and O–H groups in total. The molecule has 0 aromatic heterocycles. The number of ether oxygens (including phenoxy) is 1. The van der Waals surface area contributed by atoms with Crippen LogP contribution in [-0.4, -0.2) is 25.7 Å². The molecule has 0 radical (unpaired) electrons. The van der Waals surface area contributed by atoms with Crippen LogP contribution in [0, 0.1) is 5.92 Å². The number of hydrogen-bond acceptors (Lipinski definition) is 3. The lowest BCUT2D eigenvalue weighted by atomic mass is 10.3. The molecule has 3 heteroatoms. The molecular weight excluding hydrogens is 166 g/mol. The highest BCUT2D eigenvalue weighted by molar-refractivity contribution is 5.69. The first-order chi connectivity index (χ1) is 6.33. The highest BCUT2D eigenvalue weighted by Gasteiger charge is 2.19. The highest BCUT2D eigenvalue weighted by Crippen LogP contribution is 2.31. The SMILES string of the molecule is CCOC(=O)CCNCCC1CC1. The van der Waals surface area contributed by atoms with E-state index in [9.17, 15) is 4.79 Å². The van der Waals surface area contributed by atoms with E-state index in [1.807, 2.05) is 6.92 Å². The summed E-state index contributed by atoms with van der Waals surface area (Å²) in [4.78, 5) is 10.9. The molecule has 0 heterocycles. The zero-order chi connectivity index (χ0) is 9.52. The minimum atomic E-state index is -0.0959. The van der Waals surface area contributed by atoms with Crippen LogP contribution in [0.4, 0.5) is 0 Å². The van der Waals surface area contributed by atoms with E-state index in [1.54, 1.807) is 0 Å². The summed E-state index contributed by atoms with van der Waals surface area (Å²) in [6.07, 6.45) is 4.57. The summed E-state index contributed by atoms with van der Waals surface area (Å²) in [5.74, 6) is 0.872. The lowest BCUT2D eigenvalue weighted by molar-refractivity contribution is -0.142. The number of rotatable bonds is 7. The molecule has 1 fully saturated rings. The molecule has 0 atom stereocenters. The van der Waals surface area contributed by atoms with Gasteiger partial charge in [-0.15, -0.1) is 0 Å². The maximum atomic E-state index is 10.9. The fourth-order valence-corrected chi connectivity index (χ4v) is 1.26. The number of carbonyl (C=O) groups excluding carboxylic acids is 1. The minimum absolute atomic E-state index is 0.0959. The van der Waals surface area contributed by atoms with Crippen molar-refractivity contribution in [2.24, 2.45) is 5.92 Å². The topological polar surface area (TPSA) is 38.3 Å².